The summed E-state index contributed by atoms with van der Waals surface area (Å²) in [6.45, 7) is 8.78. The number of aromatic amines is 1. The largest absolute Gasteiger partial charge is 0.379 e. The van der Waals surface area contributed by atoms with Gasteiger partial charge in [-0.25, -0.2) is 9.18 Å². The van der Waals surface area contributed by atoms with Gasteiger partial charge < -0.3 is 31.8 Å². The summed E-state index contributed by atoms with van der Waals surface area (Å²) in [5, 5.41) is 15.0. The van der Waals surface area contributed by atoms with Crippen molar-refractivity contribution in [3.8, 4) is 16.9 Å². The average Bonchev–Trinajstić information content (AvgIpc) is 3.44. The number of benzene rings is 2. The fourth-order valence-corrected chi connectivity index (χ4v) is 6.22. The molecule has 8 N–H and O–H groups in total. The minimum absolute atomic E-state index is 0.0276. The third-order valence-corrected chi connectivity index (χ3v) is 8.84. The maximum atomic E-state index is 15.1. The van der Waals surface area contributed by atoms with Crippen LogP contribution in [0.1, 0.15) is 50.3 Å². The van der Waals surface area contributed by atoms with Crippen molar-refractivity contribution in [3.63, 3.8) is 0 Å². The second-order valence-corrected chi connectivity index (χ2v) is 12.8. The molecule has 47 heavy (non-hydrogen) atoms. The fraction of sp³-hybridized carbons (Fsp3) is 0.441. The van der Waals surface area contributed by atoms with Gasteiger partial charge in [-0.3, -0.25) is 14.9 Å². The minimum Gasteiger partial charge on any atom is -0.379 e. The maximum absolute atomic E-state index is 15.1. The predicted molar refractivity (Wildman–Crippen MR) is 186 cm³/mol. The predicted octanol–water partition coefficient (Wildman–Crippen LogP) is 4.07. The molecule has 0 amide bonds. The zero-order valence-corrected chi connectivity index (χ0v) is 27.7. The van der Waals surface area contributed by atoms with E-state index in [0.717, 1.165) is 76.2 Å². The van der Waals surface area contributed by atoms with Crippen LogP contribution in [-0.2, 0) is 11.2 Å². The second kappa shape index (κ2) is 15.9. The summed E-state index contributed by atoms with van der Waals surface area (Å²) < 4.78 is 22.1. The van der Waals surface area contributed by atoms with E-state index in [0.29, 0.717) is 28.0 Å². The van der Waals surface area contributed by atoms with E-state index in [9.17, 15) is 4.79 Å². The van der Waals surface area contributed by atoms with E-state index in [1.54, 1.807) is 24.4 Å². The monoisotopic (exact) mass is 665 g/mol. The van der Waals surface area contributed by atoms with E-state index in [-0.39, 0.29) is 29.1 Å². The Balaban J connectivity index is 1.25. The van der Waals surface area contributed by atoms with Crippen LogP contribution >= 0.6 is 11.6 Å². The Kier molecular flexibility index (Phi) is 11.6. The van der Waals surface area contributed by atoms with Crippen LogP contribution < -0.4 is 27.8 Å². The number of nitrogens with zero attached hydrogens (tertiary/aromatic N) is 3. The van der Waals surface area contributed by atoms with Gasteiger partial charge in [-0.1, -0.05) is 23.7 Å². The molecule has 0 spiro atoms. The molecule has 0 radical (unpaired) electrons. The van der Waals surface area contributed by atoms with E-state index < -0.39 is 11.5 Å². The van der Waals surface area contributed by atoms with E-state index in [1.807, 2.05) is 31.2 Å². The number of nitrogens with one attached hydrogen (secondary N) is 4. The molecule has 1 aliphatic rings. The smallest absolute Gasteiger partial charge is 0.354 e. The molecule has 0 aliphatic carbocycles. The highest BCUT2D eigenvalue weighted by Gasteiger charge is 2.18. The number of halogens is 2. The van der Waals surface area contributed by atoms with Gasteiger partial charge in [-0.05, 0) is 87.5 Å². The Bertz CT molecular complexity index is 1720. The number of hydrogen-bond donors (Lipinski definition) is 6. The van der Waals surface area contributed by atoms with Crippen LogP contribution in [-0.4, -0.2) is 76.9 Å². The average molecular weight is 666 g/mol. The first-order valence-electron chi connectivity index (χ1n) is 16.2. The van der Waals surface area contributed by atoms with Crippen LogP contribution in [0.25, 0.3) is 28.0 Å². The Morgan fingerprint density at radius 3 is 2.62 bits per heavy atom. The van der Waals surface area contributed by atoms with Gasteiger partial charge in [0.2, 0.25) is 0 Å². The first kappa shape index (κ1) is 34.5. The topological polar surface area (TPSA) is 163 Å². The van der Waals surface area contributed by atoms with Gasteiger partial charge in [-0.15, -0.1) is 0 Å². The van der Waals surface area contributed by atoms with Crippen LogP contribution in [0.4, 0.5) is 4.39 Å². The zero-order valence-electron chi connectivity index (χ0n) is 27.0. The maximum Gasteiger partial charge on any atom is 0.354 e. The van der Waals surface area contributed by atoms with Gasteiger partial charge in [0.15, 0.2) is 11.8 Å². The van der Waals surface area contributed by atoms with Crippen molar-refractivity contribution in [2.75, 3.05) is 39.4 Å². The fourth-order valence-electron chi connectivity index (χ4n) is 5.98. The lowest BCUT2D eigenvalue weighted by molar-refractivity contribution is 0.0340. The van der Waals surface area contributed by atoms with E-state index in [4.69, 9.17) is 33.2 Å². The number of hydrogen-bond acceptors (Lipinski definition) is 7. The molecule has 3 heterocycles. The van der Waals surface area contributed by atoms with Crippen molar-refractivity contribution < 1.29 is 9.13 Å². The minimum atomic E-state index is -0.523. The molecule has 1 saturated heterocycles. The number of fused-ring (bicyclic) bond motifs is 1. The first-order valence-corrected chi connectivity index (χ1v) is 16.6. The number of guanidine groups is 1. The number of rotatable bonds is 14. The zero-order chi connectivity index (χ0) is 33.5. The Labute approximate surface area is 279 Å². The lowest BCUT2D eigenvalue weighted by Gasteiger charge is -2.31. The standard InChI is InChI=1S/C34H45ClFN9O2/c1-21(37)4-3-5-23-16-28(31(36)29(35)17-23)30-18-25-19-45(34(46)43-32(25)42-30)27-8-6-24(7-9-27)22(2)40-11-10-26(41-33(38)39)20-44-12-14-47-15-13-44/h6-9,16-19,21-22,26,40H,3-5,10-15,20,37H2,1-2H3,(H4,38,39,41)(H,42,43,46)/t21-,22-,26+/m0/s1. The molecular weight excluding hydrogens is 621 g/mol. The summed E-state index contributed by atoms with van der Waals surface area (Å²) >= 11 is 6.26. The number of H-pyrrole nitrogens is 1. The lowest BCUT2D eigenvalue weighted by Crippen LogP contribution is -2.49. The summed E-state index contributed by atoms with van der Waals surface area (Å²) in [7, 11) is 0. The van der Waals surface area contributed by atoms with Gasteiger partial charge in [0.1, 0.15) is 5.65 Å². The van der Waals surface area contributed by atoms with Crippen LogP contribution in [0.2, 0.25) is 5.02 Å². The number of ether oxygens (including phenoxy) is 1. The summed E-state index contributed by atoms with van der Waals surface area (Å²) in [4.78, 5) is 22.7. The summed E-state index contributed by atoms with van der Waals surface area (Å²) in [5.41, 5.74) is 14.9. The molecule has 4 aromatic rings. The molecular formula is C34H45ClFN9O2. The van der Waals surface area contributed by atoms with Gasteiger partial charge >= 0.3 is 5.69 Å². The molecule has 252 valence electrons. The number of morpholine rings is 1. The highest BCUT2D eigenvalue weighted by Crippen LogP contribution is 2.31. The SMILES string of the molecule is C[C@H](N)CCCc1cc(Cl)c(F)c(-c2cc3cn(-c4ccc([C@H](C)NCC[C@H](CN5CCOCC5)NC(=N)N)cc4)c(=O)nc3[nH]2)c1. The van der Waals surface area contributed by atoms with Crippen LogP contribution in [0.5, 0.6) is 0 Å². The molecule has 1 aliphatic heterocycles. The Morgan fingerprint density at radius 2 is 1.91 bits per heavy atom. The Morgan fingerprint density at radius 1 is 1.17 bits per heavy atom. The molecule has 2 aromatic heterocycles. The van der Waals surface area contributed by atoms with Crippen molar-refractivity contribution in [2.45, 2.75) is 57.7 Å². The molecule has 2 aromatic carbocycles. The molecule has 1 fully saturated rings. The second-order valence-electron chi connectivity index (χ2n) is 12.4. The summed E-state index contributed by atoms with van der Waals surface area (Å²) in [5.74, 6) is -0.550. The number of aryl methyl sites for hydroxylation is 1. The van der Waals surface area contributed by atoms with Crippen LogP contribution in [0.3, 0.4) is 0 Å². The molecule has 0 unspecified atom stereocenters. The third-order valence-electron chi connectivity index (χ3n) is 8.57. The highest BCUT2D eigenvalue weighted by atomic mass is 35.5. The van der Waals surface area contributed by atoms with Gasteiger partial charge in [-0.2, -0.15) is 4.98 Å². The van der Waals surface area contributed by atoms with E-state index in [1.165, 1.54) is 4.57 Å². The lowest BCUT2D eigenvalue weighted by atomic mass is 10.0. The van der Waals surface area contributed by atoms with Gasteiger partial charge in [0.25, 0.3) is 0 Å². The van der Waals surface area contributed by atoms with Crippen molar-refractivity contribution in [1.82, 2.24) is 30.1 Å². The van der Waals surface area contributed by atoms with Crippen LogP contribution in [0.15, 0.2) is 53.5 Å². The summed E-state index contributed by atoms with van der Waals surface area (Å²) in [6, 6.07) is 13.2. The molecule has 0 bridgehead atoms. The summed E-state index contributed by atoms with van der Waals surface area (Å²) in [6.07, 6.45) is 4.97. The van der Waals surface area contributed by atoms with E-state index >= 15 is 4.39 Å². The highest BCUT2D eigenvalue weighted by molar-refractivity contribution is 6.31. The molecule has 5 rings (SSSR count). The van der Waals surface area contributed by atoms with Gasteiger partial charge in [0, 0.05) is 54.9 Å². The van der Waals surface area contributed by atoms with Crippen molar-refractivity contribution in [1.29, 1.82) is 5.41 Å². The normalized spacial score (nSPS) is 15.9. The van der Waals surface area contributed by atoms with Crippen molar-refractivity contribution in [2.24, 2.45) is 11.5 Å². The van der Waals surface area contributed by atoms with Crippen molar-refractivity contribution in [3.05, 3.63) is 81.1 Å². The molecule has 11 nitrogen and oxygen atoms in total. The number of aromatic nitrogens is 3. The molecule has 3 atom stereocenters. The van der Waals surface area contributed by atoms with E-state index in [2.05, 4.69) is 32.4 Å². The Hall–Kier alpha value is -3.81. The van der Waals surface area contributed by atoms with Crippen LogP contribution in [0, 0.1) is 11.2 Å². The quantitative estimate of drug-likeness (QED) is 0.0868. The third kappa shape index (κ3) is 9.17. The van der Waals surface area contributed by atoms with Crippen molar-refractivity contribution >= 4 is 28.6 Å². The molecule has 0 saturated carbocycles. The first-order chi connectivity index (χ1) is 22.6. The molecule has 13 heteroatoms. The van der Waals surface area contributed by atoms with Gasteiger partial charge in [0.05, 0.1) is 29.6 Å². The number of nitrogens with two attached hydrogens (primary N) is 2.